The molecule has 4 fully saturated rings. The van der Waals surface area contributed by atoms with Gasteiger partial charge in [0, 0.05) is 80.1 Å². The molecule has 72 heavy (non-hydrogen) atoms. The molecule has 384 valence electrons. The van der Waals surface area contributed by atoms with E-state index in [-0.39, 0.29) is 36.4 Å². The van der Waals surface area contributed by atoms with Gasteiger partial charge in [0.25, 0.3) is 5.56 Å². The van der Waals surface area contributed by atoms with Crippen LogP contribution in [0.25, 0.3) is 32.9 Å². The van der Waals surface area contributed by atoms with E-state index in [0.717, 1.165) is 97.1 Å². The SMILES string of the molecule is CC1=CC=CCC1(C)S(=O)(=O)n1ccc2c(-c3ccc4nc(N5CCC(CN6C[C@@H](C)N(C(=O)OC(C)(C)C)C[C@@H]6C)CC5)nc(C(COC5CCCCO5)(OC5CC5)c5ccccc5)c4c3)c[nH]c(=O)c21. The van der Waals surface area contributed by atoms with Crippen molar-refractivity contribution in [3.63, 3.8) is 0 Å². The quantitative estimate of drug-likeness (QED) is 0.119. The molecular weight excluding hydrogens is 931 g/mol. The van der Waals surface area contributed by atoms with Gasteiger partial charge in [-0.3, -0.25) is 9.69 Å². The van der Waals surface area contributed by atoms with E-state index in [2.05, 4.69) is 46.8 Å². The standard InChI is InChI=1S/C56H71N7O8S/c1-37-15-11-13-26-55(37,7)72(66,67)63-29-25-44-46(32-57-51(64)49(44)63)41-19-22-47-45(31-41)50(56(70-43-20-21-43,42-16-9-8-10-17-42)36-69-48-18-12-14-30-68-48)59-52(58-47)60-27-23-40(24-28-60)35-61-33-39(3)62(34-38(61)2)53(65)71-54(4,5)6/h8-11,13,15-17,19,22,25,29,31-32,38-40,43,48H,12,14,18,20-21,23-24,26-28,30,33-36H2,1-7H3,(H,57,64)/t38-,39+,48?,55?,56?/m0/s1. The normalized spacial score (nSPS) is 24.7. The number of nitrogens with zero attached hydrogens (tertiary/aromatic N) is 6. The number of carbonyl (C=O) groups excluding carboxylic acids is 1. The Bertz CT molecular complexity index is 3040. The van der Waals surface area contributed by atoms with Gasteiger partial charge in [-0.1, -0.05) is 60.2 Å². The Kier molecular flexibility index (Phi) is 13.8. The number of amides is 1. The second kappa shape index (κ2) is 19.8. The molecule has 1 saturated carbocycles. The van der Waals surface area contributed by atoms with Crippen LogP contribution in [0, 0.1) is 5.92 Å². The van der Waals surface area contributed by atoms with Crippen molar-refractivity contribution < 1.29 is 32.2 Å². The highest BCUT2D eigenvalue weighted by atomic mass is 32.2. The van der Waals surface area contributed by atoms with Crippen molar-refractivity contribution in [3.05, 3.63) is 112 Å². The van der Waals surface area contributed by atoms with Crippen LogP contribution in [0.15, 0.2) is 95.6 Å². The fourth-order valence-corrected chi connectivity index (χ4v) is 12.9. The number of allylic oxidation sites excluding steroid dienone is 3. The van der Waals surface area contributed by atoms with Gasteiger partial charge in [-0.2, -0.15) is 0 Å². The second-order valence-electron chi connectivity index (χ2n) is 22.1. The Morgan fingerprint density at radius 3 is 2.43 bits per heavy atom. The zero-order valence-electron chi connectivity index (χ0n) is 42.9. The fourth-order valence-electron chi connectivity index (χ4n) is 11.0. The van der Waals surface area contributed by atoms with E-state index in [0.29, 0.717) is 53.7 Å². The molecule has 5 aliphatic rings. The average molecular weight is 1000 g/mol. The molecule has 0 radical (unpaired) electrons. The minimum Gasteiger partial charge on any atom is -0.444 e. The molecular formula is C56H71N7O8S. The largest absolute Gasteiger partial charge is 0.444 e. The van der Waals surface area contributed by atoms with E-state index in [1.165, 1.54) is 6.20 Å². The molecule has 5 aromatic rings. The Hall–Kier alpha value is -5.39. The minimum absolute atomic E-state index is 0.00915. The maximum Gasteiger partial charge on any atom is 0.410 e. The van der Waals surface area contributed by atoms with Crippen LogP contribution in [-0.4, -0.2) is 124 Å². The number of fused-ring (bicyclic) bond motifs is 2. The lowest BCUT2D eigenvalue weighted by Crippen LogP contribution is -2.59. The third-order valence-corrected chi connectivity index (χ3v) is 18.1. The van der Waals surface area contributed by atoms with Crippen molar-refractivity contribution in [2.75, 3.05) is 50.8 Å². The lowest BCUT2D eigenvalue weighted by atomic mass is 9.87. The Morgan fingerprint density at radius 1 is 0.944 bits per heavy atom. The first kappa shape index (κ1) is 50.2. The van der Waals surface area contributed by atoms with Crippen LogP contribution in [0.3, 0.4) is 0 Å². The zero-order valence-corrected chi connectivity index (χ0v) is 43.8. The van der Waals surface area contributed by atoms with Crippen LogP contribution >= 0.6 is 0 Å². The summed E-state index contributed by atoms with van der Waals surface area (Å²) in [6.07, 6.45) is 14.9. The number of nitrogens with one attached hydrogen (secondary N) is 1. The highest BCUT2D eigenvalue weighted by molar-refractivity contribution is 7.91. The highest BCUT2D eigenvalue weighted by Gasteiger charge is 2.46. The minimum atomic E-state index is -4.08. The number of ether oxygens (including phenoxy) is 4. The van der Waals surface area contributed by atoms with Crippen LogP contribution in [0.4, 0.5) is 10.7 Å². The van der Waals surface area contributed by atoms with Gasteiger partial charge in [0.1, 0.15) is 15.9 Å². The maximum absolute atomic E-state index is 14.6. The third kappa shape index (κ3) is 9.77. The van der Waals surface area contributed by atoms with Crippen LogP contribution in [-0.2, 0) is 34.6 Å². The fraction of sp³-hybridized carbons (Fsp3) is 0.536. The third-order valence-electron chi connectivity index (χ3n) is 15.6. The topological polar surface area (TPSA) is 161 Å². The molecule has 15 nitrogen and oxygen atoms in total. The van der Waals surface area contributed by atoms with E-state index in [1.54, 1.807) is 19.2 Å². The summed E-state index contributed by atoms with van der Waals surface area (Å²) in [6, 6.07) is 18.2. The molecule has 16 heteroatoms. The summed E-state index contributed by atoms with van der Waals surface area (Å²) >= 11 is 0. The number of pyridine rings is 1. The molecule has 0 spiro atoms. The Labute approximate surface area is 423 Å². The summed E-state index contributed by atoms with van der Waals surface area (Å²) in [5.41, 5.74) is 2.27. The molecule has 3 unspecified atom stereocenters. The van der Waals surface area contributed by atoms with Crippen LogP contribution in [0.2, 0.25) is 0 Å². The number of aromatic amines is 1. The first-order chi connectivity index (χ1) is 34.4. The van der Waals surface area contributed by atoms with Gasteiger partial charge in [0.2, 0.25) is 16.0 Å². The van der Waals surface area contributed by atoms with Gasteiger partial charge in [-0.25, -0.2) is 27.2 Å². The van der Waals surface area contributed by atoms with Gasteiger partial charge in [0.15, 0.2) is 11.9 Å². The van der Waals surface area contributed by atoms with Crippen LogP contribution < -0.4 is 10.5 Å². The molecule has 3 aromatic heterocycles. The highest BCUT2D eigenvalue weighted by Crippen LogP contribution is 2.45. The Morgan fingerprint density at radius 2 is 1.72 bits per heavy atom. The van der Waals surface area contributed by atoms with E-state index in [1.807, 2.05) is 81.2 Å². The molecule has 2 aromatic carbocycles. The number of anilines is 1. The number of piperidine rings is 1. The van der Waals surface area contributed by atoms with E-state index in [9.17, 15) is 18.0 Å². The van der Waals surface area contributed by atoms with Gasteiger partial charge in [-0.05, 0) is 135 Å². The predicted molar refractivity (Wildman–Crippen MR) is 281 cm³/mol. The smallest absolute Gasteiger partial charge is 0.410 e. The van der Waals surface area contributed by atoms with Crippen molar-refractivity contribution in [2.45, 2.75) is 140 Å². The zero-order chi connectivity index (χ0) is 50.6. The predicted octanol–water partition coefficient (Wildman–Crippen LogP) is 9.29. The average Bonchev–Trinajstić information content (AvgIpc) is 4.07. The number of piperazine rings is 1. The molecule has 5 atom stereocenters. The molecule has 1 N–H and O–H groups in total. The summed E-state index contributed by atoms with van der Waals surface area (Å²) in [5.74, 6) is 1.08. The van der Waals surface area contributed by atoms with Gasteiger partial charge in [-0.15, -0.1) is 0 Å². The van der Waals surface area contributed by atoms with Gasteiger partial charge in [0.05, 0.1) is 23.9 Å². The summed E-state index contributed by atoms with van der Waals surface area (Å²) in [5, 5.41) is 1.27. The lowest BCUT2D eigenvalue weighted by Gasteiger charge is -2.46. The monoisotopic (exact) mass is 1000 g/mol. The van der Waals surface area contributed by atoms with Gasteiger partial charge < -0.3 is 33.7 Å². The summed E-state index contributed by atoms with van der Waals surface area (Å²) in [7, 11) is -4.08. The number of hydrogen-bond donors (Lipinski definition) is 1. The maximum atomic E-state index is 14.6. The molecule has 1 amide bonds. The first-order valence-corrected chi connectivity index (χ1v) is 27.5. The first-order valence-electron chi connectivity index (χ1n) is 26.0. The number of benzene rings is 2. The van der Waals surface area contributed by atoms with Crippen molar-refractivity contribution in [1.82, 2.24) is 28.7 Å². The van der Waals surface area contributed by atoms with E-state index >= 15 is 0 Å². The van der Waals surface area contributed by atoms with E-state index < -0.39 is 37.8 Å². The molecule has 6 heterocycles. The van der Waals surface area contributed by atoms with Crippen LogP contribution in [0.5, 0.6) is 0 Å². The molecule has 10 rings (SSSR count). The molecule has 0 bridgehead atoms. The van der Waals surface area contributed by atoms with Crippen molar-refractivity contribution in [1.29, 1.82) is 0 Å². The summed E-state index contributed by atoms with van der Waals surface area (Å²) in [6.45, 7) is 18.3. The molecule has 2 aliphatic carbocycles. The van der Waals surface area contributed by atoms with Crippen molar-refractivity contribution in [2.24, 2.45) is 5.92 Å². The van der Waals surface area contributed by atoms with Crippen molar-refractivity contribution in [3.8, 4) is 11.1 Å². The second-order valence-corrected chi connectivity index (χ2v) is 24.3. The number of H-pyrrole nitrogens is 1. The Balaban J connectivity index is 1.02. The number of aromatic nitrogens is 4. The summed E-state index contributed by atoms with van der Waals surface area (Å²) < 4.78 is 55.1. The van der Waals surface area contributed by atoms with Crippen molar-refractivity contribution >= 4 is 43.9 Å². The van der Waals surface area contributed by atoms with Gasteiger partial charge >= 0.3 is 6.09 Å². The lowest BCUT2D eigenvalue weighted by molar-refractivity contribution is -0.197. The number of rotatable bonds is 13. The number of carbonyl (C=O) groups is 1. The van der Waals surface area contributed by atoms with Crippen LogP contribution in [0.1, 0.15) is 111 Å². The number of hydrogen-bond acceptors (Lipinski definition) is 12. The summed E-state index contributed by atoms with van der Waals surface area (Å²) in [4.78, 5) is 47.4. The van der Waals surface area contributed by atoms with E-state index in [4.69, 9.17) is 28.9 Å². The molecule has 3 aliphatic heterocycles. The molecule has 3 saturated heterocycles.